The molecule has 2 heterocycles. The van der Waals surface area contributed by atoms with Crippen molar-refractivity contribution in [3.8, 4) is 0 Å². The number of amides is 1. The summed E-state index contributed by atoms with van der Waals surface area (Å²) in [4.78, 5) is 59.7. The van der Waals surface area contributed by atoms with Crippen LogP contribution >= 0.6 is 23.1 Å². The van der Waals surface area contributed by atoms with Crippen LogP contribution in [0.1, 0.15) is 86.0 Å². The largest absolute Gasteiger partial charge is 0.463 e. The number of hydrogen-bond acceptors (Lipinski definition) is 14. The first kappa shape index (κ1) is 34.4. The van der Waals surface area contributed by atoms with E-state index >= 15 is 0 Å². The Kier molecular flexibility index (Phi) is 15.0. The Morgan fingerprint density at radius 2 is 1.39 bits per heavy atom. The summed E-state index contributed by atoms with van der Waals surface area (Å²) in [6.45, 7) is 6.52. The maximum absolute atomic E-state index is 12.4. The molecule has 1 aliphatic heterocycles. The Morgan fingerprint density at radius 3 is 2.00 bits per heavy atom. The molecule has 15 heteroatoms. The molecule has 0 saturated carbocycles. The maximum atomic E-state index is 12.4. The van der Waals surface area contributed by atoms with Crippen LogP contribution in [-0.2, 0) is 47.7 Å². The van der Waals surface area contributed by atoms with E-state index in [2.05, 4.69) is 22.4 Å². The minimum Gasteiger partial charge on any atom is -0.463 e. The number of anilines is 1. The second-order valence-electron chi connectivity index (χ2n) is 9.48. The number of aromatic nitrogens is 2. The molecular weight excluding hydrogens is 578 g/mol. The highest BCUT2D eigenvalue weighted by Crippen LogP contribution is 2.39. The lowest BCUT2D eigenvalue weighted by molar-refractivity contribution is -0.237. The third-order valence-electron chi connectivity index (χ3n) is 5.83. The second-order valence-corrected chi connectivity index (χ2v) is 11.8. The van der Waals surface area contributed by atoms with E-state index in [-0.39, 0.29) is 17.6 Å². The van der Waals surface area contributed by atoms with E-state index in [1.54, 1.807) is 0 Å². The van der Waals surface area contributed by atoms with Crippen LogP contribution in [0.15, 0.2) is 4.34 Å². The average molecular weight is 618 g/mol. The number of nitrogens with zero attached hydrogens (tertiary/aromatic N) is 2. The highest BCUT2D eigenvalue weighted by atomic mass is 32.2. The second kappa shape index (κ2) is 17.9. The zero-order valence-corrected chi connectivity index (χ0v) is 25.7. The highest BCUT2D eigenvalue weighted by Gasteiger charge is 2.52. The third-order valence-corrected chi connectivity index (χ3v) is 7.89. The first-order valence-corrected chi connectivity index (χ1v) is 15.3. The van der Waals surface area contributed by atoms with Gasteiger partial charge in [0.1, 0.15) is 12.7 Å². The Bertz CT molecular complexity index is 1040. The van der Waals surface area contributed by atoms with Gasteiger partial charge in [-0.25, -0.2) is 0 Å². The fourth-order valence-corrected chi connectivity index (χ4v) is 6.15. The third kappa shape index (κ3) is 12.7. The molecule has 41 heavy (non-hydrogen) atoms. The van der Waals surface area contributed by atoms with Gasteiger partial charge in [0.25, 0.3) is 0 Å². The van der Waals surface area contributed by atoms with Gasteiger partial charge in [0.05, 0.1) is 0 Å². The van der Waals surface area contributed by atoms with Crippen molar-refractivity contribution in [1.82, 2.24) is 10.2 Å². The van der Waals surface area contributed by atoms with E-state index in [0.717, 1.165) is 56.2 Å². The van der Waals surface area contributed by atoms with Crippen molar-refractivity contribution >= 4 is 58.0 Å². The summed E-state index contributed by atoms with van der Waals surface area (Å²) in [5.41, 5.74) is -1.03. The smallest absolute Gasteiger partial charge is 0.303 e. The summed E-state index contributed by atoms with van der Waals surface area (Å²) in [6, 6.07) is 0. The zero-order valence-electron chi connectivity index (χ0n) is 24.0. The molecule has 1 fully saturated rings. The normalized spacial score (nSPS) is 21.9. The molecule has 0 aliphatic carbocycles. The number of nitrogens with one attached hydrogen (secondary N) is 1. The van der Waals surface area contributed by atoms with E-state index in [4.69, 9.17) is 23.7 Å². The van der Waals surface area contributed by atoms with Crippen molar-refractivity contribution in [2.75, 3.05) is 11.9 Å². The van der Waals surface area contributed by atoms with Gasteiger partial charge in [0.15, 0.2) is 28.1 Å². The number of hydrogen-bond donors (Lipinski definition) is 1. The van der Waals surface area contributed by atoms with Crippen LogP contribution < -0.4 is 5.32 Å². The predicted molar refractivity (Wildman–Crippen MR) is 149 cm³/mol. The summed E-state index contributed by atoms with van der Waals surface area (Å²) in [5.74, 6) is -2.90. The van der Waals surface area contributed by atoms with E-state index < -0.39 is 53.7 Å². The summed E-state index contributed by atoms with van der Waals surface area (Å²) >= 11 is 2.09. The van der Waals surface area contributed by atoms with Gasteiger partial charge < -0.3 is 29.0 Å². The summed E-state index contributed by atoms with van der Waals surface area (Å²) < 4.78 is 27.8. The predicted octanol–water partition coefficient (Wildman–Crippen LogP) is 3.79. The van der Waals surface area contributed by atoms with Crippen LogP contribution in [-0.4, -0.2) is 76.4 Å². The van der Waals surface area contributed by atoms with Crippen LogP contribution in [0.25, 0.3) is 0 Å². The van der Waals surface area contributed by atoms with Gasteiger partial charge >= 0.3 is 23.9 Å². The monoisotopic (exact) mass is 617 g/mol. The molecule has 5 atom stereocenters. The number of unbranched alkanes of at least 4 members (excludes halogenated alkanes) is 6. The van der Waals surface area contributed by atoms with Gasteiger partial charge in [-0.1, -0.05) is 68.5 Å². The van der Waals surface area contributed by atoms with Crippen molar-refractivity contribution in [2.24, 2.45) is 0 Å². The average Bonchev–Trinajstić information content (AvgIpc) is 3.31. The minimum absolute atomic E-state index is 0.168. The fraction of sp³-hybridized carbons (Fsp3) is 0.731. The van der Waals surface area contributed by atoms with Crippen molar-refractivity contribution in [1.29, 1.82) is 0 Å². The number of carbonyl (C=O) groups is 5. The topological polar surface area (TPSA) is 169 Å². The Morgan fingerprint density at radius 1 is 0.805 bits per heavy atom. The quantitative estimate of drug-likeness (QED) is 0.123. The van der Waals surface area contributed by atoms with E-state index in [1.165, 1.54) is 39.5 Å². The molecule has 0 unspecified atom stereocenters. The molecule has 0 aromatic carbocycles. The van der Waals surface area contributed by atoms with Gasteiger partial charge in [0, 0.05) is 34.1 Å². The molecule has 1 N–H and O–H groups in total. The molecule has 1 amide bonds. The summed E-state index contributed by atoms with van der Waals surface area (Å²) in [6.07, 6.45) is 3.24. The molecule has 1 saturated heterocycles. The van der Waals surface area contributed by atoms with Crippen molar-refractivity contribution < 1.29 is 47.7 Å². The van der Waals surface area contributed by atoms with Crippen molar-refractivity contribution in [2.45, 2.75) is 120 Å². The molecule has 0 spiro atoms. The Labute approximate surface area is 247 Å². The first-order valence-electron chi connectivity index (χ1n) is 13.6. The highest BCUT2D eigenvalue weighted by molar-refractivity contribution is 8.01. The van der Waals surface area contributed by atoms with Crippen LogP contribution in [0.4, 0.5) is 5.13 Å². The maximum Gasteiger partial charge on any atom is 0.303 e. The molecule has 230 valence electrons. The van der Waals surface area contributed by atoms with E-state index in [0.29, 0.717) is 10.8 Å². The van der Waals surface area contributed by atoms with Gasteiger partial charge in [0.2, 0.25) is 11.0 Å². The molecule has 2 rings (SSSR count). The van der Waals surface area contributed by atoms with E-state index in [1.807, 2.05) is 0 Å². The lowest BCUT2D eigenvalue weighted by Crippen LogP contribution is -2.61. The van der Waals surface area contributed by atoms with Gasteiger partial charge in [-0.15, -0.1) is 10.2 Å². The number of ether oxygens (including phenoxy) is 5. The Hall–Kier alpha value is -2.78. The van der Waals surface area contributed by atoms with Gasteiger partial charge in [-0.2, -0.15) is 0 Å². The lowest BCUT2D eigenvalue weighted by Gasteiger charge is -2.43. The van der Waals surface area contributed by atoms with Crippen LogP contribution in [0.3, 0.4) is 0 Å². The Balaban J connectivity index is 2.13. The number of esters is 4. The summed E-state index contributed by atoms with van der Waals surface area (Å²) in [7, 11) is 0. The SMILES string of the molecule is CCCCCCCCCC(=O)Nc1nnc(S[C@@H]2O[C@H](COC(C)=O)[C@H](OC(C)=O)[C@H](OC(C)=O)[C@H]2OC(C)=O)s1. The van der Waals surface area contributed by atoms with Crippen LogP contribution in [0.2, 0.25) is 0 Å². The number of thioether (sulfide) groups is 1. The zero-order chi connectivity index (χ0) is 30.4. The number of rotatable bonds is 16. The molecule has 13 nitrogen and oxygen atoms in total. The first-order chi connectivity index (χ1) is 19.5. The molecule has 0 bridgehead atoms. The van der Waals surface area contributed by atoms with Crippen LogP contribution in [0, 0.1) is 0 Å². The molecular formula is C26H39N3O10S2. The van der Waals surface area contributed by atoms with E-state index in [9.17, 15) is 24.0 Å². The van der Waals surface area contributed by atoms with Gasteiger partial charge in [-0.3, -0.25) is 24.0 Å². The lowest BCUT2D eigenvalue weighted by atomic mass is 9.99. The van der Waals surface area contributed by atoms with Gasteiger partial charge in [-0.05, 0) is 6.42 Å². The fourth-order valence-electron chi connectivity index (χ4n) is 4.12. The van der Waals surface area contributed by atoms with Crippen molar-refractivity contribution in [3.63, 3.8) is 0 Å². The molecule has 0 radical (unpaired) electrons. The minimum atomic E-state index is -1.28. The van der Waals surface area contributed by atoms with Crippen LogP contribution in [0.5, 0.6) is 0 Å². The van der Waals surface area contributed by atoms with Crippen molar-refractivity contribution in [3.05, 3.63) is 0 Å². The summed E-state index contributed by atoms with van der Waals surface area (Å²) in [5, 5.41) is 11.1. The molecule has 1 aromatic heterocycles. The standard InChI is InChI=1S/C26H39N3O10S2/c1-6-7-8-9-10-11-12-13-20(34)27-25-28-29-26(41-25)40-24-23(38-18(5)33)22(37-17(4)32)21(36-16(3)31)19(39-24)14-35-15(2)30/h19,21-24H,6-14H2,1-5H3,(H,27,28,34)/t19-,21+,22+,23-,24+/m1/s1. The molecule has 1 aliphatic rings. The molecule has 1 aromatic rings. The number of carbonyl (C=O) groups excluding carboxylic acids is 5.